The van der Waals surface area contributed by atoms with Crippen LogP contribution in [0.2, 0.25) is 0 Å². The molecule has 1 N–H and O–H groups in total. The van der Waals surface area contributed by atoms with Crippen molar-refractivity contribution in [2.45, 2.75) is 18.7 Å². The van der Waals surface area contributed by atoms with Crippen molar-refractivity contribution in [2.75, 3.05) is 5.32 Å². The van der Waals surface area contributed by atoms with Gasteiger partial charge in [0.05, 0.1) is 0 Å². The van der Waals surface area contributed by atoms with E-state index in [0.29, 0.717) is 0 Å². The number of amides is 1. The zero-order valence-electron chi connectivity index (χ0n) is 12.0. The SMILES string of the molecule is Cc1ccc(NC(=O)/C=C/SSc2ccc(C)cc2)cc1. The number of carbonyl (C=O) groups is 1. The topological polar surface area (TPSA) is 29.1 Å². The van der Waals surface area contributed by atoms with Crippen molar-refractivity contribution in [3.63, 3.8) is 0 Å². The number of hydrogen-bond acceptors (Lipinski definition) is 3. The molecule has 2 rings (SSSR count). The van der Waals surface area contributed by atoms with Crippen LogP contribution in [0.5, 0.6) is 0 Å². The Labute approximate surface area is 133 Å². The minimum Gasteiger partial charge on any atom is -0.322 e. The van der Waals surface area contributed by atoms with Gasteiger partial charge in [-0.1, -0.05) is 57.0 Å². The minimum atomic E-state index is -0.115. The molecule has 0 aliphatic carbocycles. The Hall–Kier alpha value is -1.65. The van der Waals surface area contributed by atoms with Crippen LogP contribution in [0.15, 0.2) is 64.9 Å². The monoisotopic (exact) mass is 315 g/mol. The van der Waals surface area contributed by atoms with Gasteiger partial charge < -0.3 is 5.32 Å². The van der Waals surface area contributed by atoms with E-state index in [1.54, 1.807) is 22.3 Å². The normalized spacial score (nSPS) is 10.8. The van der Waals surface area contributed by atoms with E-state index in [9.17, 15) is 4.79 Å². The second-order valence-corrected chi connectivity index (χ2v) is 6.83. The smallest absolute Gasteiger partial charge is 0.248 e. The molecule has 0 aromatic heterocycles. The van der Waals surface area contributed by atoms with E-state index in [0.717, 1.165) is 5.69 Å². The van der Waals surface area contributed by atoms with Crippen molar-refractivity contribution in [2.24, 2.45) is 0 Å². The molecular weight excluding hydrogens is 298 g/mol. The Morgan fingerprint density at radius 1 is 0.952 bits per heavy atom. The van der Waals surface area contributed by atoms with Crippen LogP contribution in [-0.2, 0) is 4.79 Å². The molecule has 2 aromatic rings. The van der Waals surface area contributed by atoms with E-state index < -0.39 is 0 Å². The van der Waals surface area contributed by atoms with Crippen LogP contribution >= 0.6 is 21.6 Å². The van der Waals surface area contributed by atoms with Crippen molar-refractivity contribution in [3.05, 3.63) is 71.1 Å². The molecule has 0 unspecified atom stereocenters. The van der Waals surface area contributed by atoms with Gasteiger partial charge in [0, 0.05) is 16.7 Å². The highest BCUT2D eigenvalue weighted by molar-refractivity contribution is 8.77. The van der Waals surface area contributed by atoms with Crippen molar-refractivity contribution in [1.82, 2.24) is 0 Å². The Kier molecular flexibility index (Phi) is 5.96. The standard InChI is InChI=1S/C17H17NOS2/c1-13-3-7-15(8-4-13)18-17(19)11-12-20-21-16-9-5-14(2)6-10-16/h3-12H,1-2H3,(H,18,19)/b12-11+. The fourth-order valence-corrected chi connectivity index (χ4v) is 3.18. The molecule has 0 spiro atoms. The number of hydrogen-bond donors (Lipinski definition) is 1. The van der Waals surface area contributed by atoms with E-state index in [2.05, 4.69) is 36.5 Å². The van der Waals surface area contributed by atoms with E-state index in [-0.39, 0.29) is 5.91 Å². The molecule has 0 heterocycles. The van der Waals surface area contributed by atoms with Gasteiger partial charge in [0.2, 0.25) is 5.91 Å². The first-order valence-electron chi connectivity index (χ1n) is 6.58. The Morgan fingerprint density at radius 3 is 2.14 bits per heavy atom. The molecule has 0 atom stereocenters. The molecule has 21 heavy (non-hydrogen) atoms. The van der Waals surface area contributed by atoms with Gasteiger partial charge in [-0.05, 0) is 43.5 Å². The first kappa shape index (κ1) is 15.7. The van der Waals surface area contributed by atoms with E-state index >= 15 is 0 Å². The number of carbonyl (C=O) groups excluding carboxylic acids is 1. The predicted molar refractivity (Wildman–Crippen MR) is 93.6 cm³/mol. The molecule has 4 heteroatoms. The number of aryl methyl sites for hydroxylation is 2. The second-order valence-electron chi connectivity index (χ2n) is 4.65. The van der Waals surface area contributed by atoms with E-state index in [1.165, 1.54) is 26.8 Å². The molecule has 0 aliphatic rings. The van der Waals surface area contributed by atoms with Gasteiger partial charge in [-0.2, -0.15) is 0 Å². The summed E-state index contributed by atoms with van der Waals surface area (Å²) in [5.41, 5.74) is 3.23. The van der Waals surface area contributed by atoms with Crippen LogP contribution in [0, 0.1) is 13.8 Å². The number of anilines is 1. The highest BCUT2D eigenvalue weighted by atomic mass is 33.1. The average molecular weight is 315 g/mol. The third-order valence-corrected chi connectivity index (χ3v) is 4.77. The van der Waals surface area contributed by atoms with Crippen molar-refractivity contribution >= 4 is 33.2 Å². The zero-order chi connectivity index (χ0) is 15.1. The number of rotatable bonds is 5. The van der Waals surface area contributed by atoms with Gasteiger partial charge in [-0.15, -0.1) is 0 Å². The highest BCUT2D eigenvalue weighted by Crippen LogP contribution is 2.31. The fourth-order valence-electron chi connectivity index (χ4n) is 1.59. The Balaban J connectivity index is 1.77. The number of nitrogens with one attached hydrogen (secondary N) is 1. The van der Waals surface area contributed by atoms with Gasteiger partial charge in [0.25, 0.3) is 0 Å². The highest BCUT2D eigenvalue weighted by Gasteiger charge is 1.97. The summed E-state index contributed by atoms with van der Waals surface area (Å²) in [5.74, 6) is -0.115. The third-order valence-electron chi connectivity index (χ3n) is 2.76. The summed E-state index contributed by atoms with van der Waals surface area (Å²) in [4.78, 5) is 12.9. The van der Waals surface area contributed by atoms with Gasteiger partial charge in [-0.25, -0.2) is 0 Å². The zero-order valence-corrected chi connectivity index (χ0v) is 13.6. The average Bonchev–Trinajstić information content (AvgIpc) is 2.48. The quantitative estimate of drug-likeness (QED) is 0.607. The lowest BCUT2D eigenvalue weighted by molar-refractivity contribution is -0.111. The van der Waals surface area contributed by atoms with Gasteiger partial charge in [0.15, 0.2) is 0 Å². The molecule has 0 fully saturated rings. The summed E-state index contributed by atoms with van der Waals surface area (Å²) in [6.45, 7) is 4.08. The van der Waals surface area contributed by atoms with Crippen LogP contribution < -0.4 is 5.32 Å². The summed E-state index contributed by atoms with van der Waals surface area (Å²) < 4.78 is 0. The Bertz CT molecular complexity index is 618. The molecular formula is C17H17NOS2. The Morgan fingerprint density at radius 2 is 1.52 bits per heavy atom. The van der Waals surface area contributed by atoms with Gasteiger partial charge in [-0.3, -0.25) is 4.79 Å². The number of benzene rings is 2. The van der Waals surface area contributed by atoms with Crippen LogP contribution in [0.4, 0.5) is 5.69 Å². The van der Waals surface area contributed by atoms with Crippen LogP contribution in [0.25, 0.3) is 0 Å². The maximum Gasteiger partial charge on any atom is 0.248 e. The second kappa shape index (κ2) is 7.96. The lowest BCUT2D eigenvalue weighted by atomic mass is 10.2. The third kappa shape index (κ3) is 5.69. The maximum absolute atomic E-state index is 11.7. The molecule has 0 saturated carbocycles. The summed E-state index contributed by atoms with van der Waals surface area (Å²) in [6, 6.07) is 16.1. The summed E-state index contributed by atoms with van der Waals surface area (Å²) >= 11 is 0. The van der Waals surface area contributed by atoms with Gasteiger partial charge in [0.1, 0.15) is 0 Å². The maximum atomic E-state index is 11.7. The fraction of sp³-hybridized carbons (Fsp3) is 0.118. The summed E-state index contributed by atoms with van der Waals surface area (Å²) in [7, 11) is 3.16. The summed E-state index contributed by atoms with van der Waals surface area (Å²) in [6.07, 6.45) is 1.55. The molecule has 0 saturated heterocycles. The van der Waals surface area contributed by atoms with Crippen molar-refractivity contribution in [1.29, 1.82) is 0 Å². The van der Waals surface area contributed by atoms with Crippen molar-refractivity contribution < 1.29 is 4.79 Å². The van der Waals surface area contributed by atoms with Crippen LogP contribution in [-0.4, -0.2) is 5.91 Å². The predicted octanol–water partition coefficient (Wildman–Crippen LogP) is 5.20. The van der Waals surface area contributed by atoms with Crippen LogP contribution in [0.3, 0.4) is 0 Å². The molecule has 108 valence electrons. The van der Waals surface area contributed by atoms with Crippen LogP contribution in [0.1, 0.15) is 11.1 Å². The largest absolute Gasteiger partial charge is 0.322 e. The molecule has 2 aromatic carbocycles. The van der Waals surface area contributed by atoms with E-state index in [4.69, 9.17) is 0 Å². The summed E-state index contributed by atoms with van der Waals surface area (Å²) in [5, 5.41) is 4.63. The lowest BCUT2D eigenvalue weighted by Gasteiger charge is -2.02. The minimum absolute atomic E-state index is 0.115. The van der Waals surface area contributed by atoms with Crippen molar-refractivity contribution in [3.8, 4) is 0 Å². The van der Waals surface area contributed by atoms with E-state index in [1.807, 2.05) is 31.2 Å². The molecule has 0 aliphatic heterocycles. The molecule has 1 amide bonds. The molecule has 0 bridgehead atoms. The first-order valence-corrected chi connectivity index (χ1v) is 8.79. The molecule has 0 radical (unpaired) electrons. The lowest BCUT2D eigenvalue weighted by Crippen LogP contribution is -2.07. The first-order chi connectivity index (χ1) is 10.1. The van der Waals surface area contributed by atoms with Gasteiger partial charge >= 0.3 is 0 Å². The molecule has 2 nitrogen and oxygen atoms in total.